The lowest BCUT2D eigenvalue weighted by Gasteiger charge is -2.13. The van der Waals surface area contributed by atoms with Gasteiger partial charge in [0.25, 0.3) is 0 Å². The van der Waals surface area contributed by atoms with E-state index >= 15 is 0 Å². The Kier molecular flexibility index (Phi) is 4.88. The van der Waals surface area contributed by atoms with Gasteiger partial charge < -0.3 is 10.2 Å². The Morgan fingerprint density at radius 1 is 1.00 bits per heavy atom. The molecule has 0 aliphatic heterocycles. The highest BCUT2D eigenvalue weighted by molar-refractivity contribution is 9.11. The van der Waals surface area contributed by atoms with Gasteiger partial charge in [-0.1, -0.05) is 28.1 Å². The Hall–Kier alpha value is -1.00. The molecule has 0 saturated carbocycles. The molecular weight excluding hydrogens is 368 g/mol. The van der Waals surface area contributed by atoms with E-state index in [1.807, 2.05) is 26.2 Å². The Morgan fingerprint density at radius 2 is 1.68 bits per heavy atom. The van der Waals surface area contributed by atoms with Gasteiger partial charge in [0.15, 0.2) is 0 Å². The number of anilines is 2. The number of halogens is 2. The predicted octanol–water partition coefficient (Wildman–Crippen LogP) is 4.89. The van der Waals surface area contributed by atoms with E-state index in [2.05, 4.69) is 72.4 Å². The Balaban J connectivity index is 2.04. The minimum atomic E-state index is 0.808. The fourth-order valence-corrected chi connectivity index (χ4v) is 2.49. The molecule has 2 aromatic carbocycles. The van der Waals surface area contributed by atoms with Gasteiger partial charge in [0.2, 0.25) is 0 Å². The molecular formula is C15H16Br2N2. The average molecular weight is 384 g/mol. The van der Waals surface area contributed by atoms with Crippen molar-refractivity contribution in [2.45, 2.75) is 6.54 Å². The number of hydrogen-bond donors (Lipinski definition) is 1. The van der Waals surface area contributed by atoms with Crippen molar-refractivity contribution in [3.63, 3.8) is 0 Å². The lowest BCUT2D eigenvalue weighted by atomic mass is 10.2. The van der Waals surface area contributed by atoms with Crippen molar-refractivity contribution in [1.29, 1.82) is 0 Å². The van der Waals surface area contributed by atoms with Crippen molar-refractivity contribution < 1.29 is 0 Å². The van der Waals surface area contributed by atoms with Crippen LogP contribution in [-0.4, -0.2) is 14.1 Å². The van der Waals surface area contributed by atoms with Gasteiger partial charge in [0, 0.05) is 41.0 Å². The van der Waals surface area contributed by atoms with Gasteiger partial charge in [-0.05, 0) is 51.8 Å². The van der Waals surface area contributed by atoms with Crippen LogP contribution in [0.15, 0.2) is 51.4 Å². The van der Waals surface area contributed by atoms with Crippen molar-refractivity contribution in [1.82, 2.24) is 0 Å². The van der Waals surface area contributed by atoms with Crippen LogP contribution >= 0.6 is 31.9 Å². The molecule has 100 valence electrons. The third kappa shape index (κ3) is 3.98. The number of rotatable bonds is 4. The monoisotopic (exact) mass is 382 g/mol. The Labute approximate surface area is 131 Å². The predicted molar refractivity (Wildman–Crippen MR) is 89.9 cm³/mol. The molecule has 0 unspecified atom stereocenters. The summed E-state index contributed by atoms with van der Waals surface area (Å²) in [5.41, 5.74) is 3.57. The number of hydrogen-bond acceptors (Lipinski definition) is 2. The lowest BCUT2D eigenvalue weighted by molar-refractivity contribution is 1.11. The standard InChI is InChI=1S/C15H16Br2N2/c1-19(2)13-6-3-11(4-7-13)10-18-15-9-12(16)5-8-14(15)17/h3-9,18H,10H2,1-2H3. The van der Waals surface area contributed by atoms with Gasteiger partial charge in [0.1, 0.15) is 0 Å². The molecule has 0 saturated heterocycles. The summed E-state index contributed by atoms with van der Waals surface area (Å²) in [5.74, 6) is 0. The van der Waals surface area contributed by atoms with Gasteiger partial charge in [-0.3, -0.25) is 0 Å². The second kappa shape index (κ2) is 6.44. The van der Waals surface area contributed by atoms with E-state index in [0.717, 1.165) is 21.2 Å². The first kappa shape index (κ1) is 14.4. The molecule has 1 N–H and O–H groups in total. The minimum absolute atomic E-state index is 0.808. The molecule has 2 aromatic rings. The summed E-state index contributed by atoms with van der Waals surface area (Å²) >= 11 is 7.03. The summed E-state index contributed by atoms with van der Waals surface area (Å²) < 4.78 is 2.14. The quantitative estimate of drug-likeness (QED) is 0.808. The lowest BCUT2D eigenvalue weighted by Crippen LogP contribution is -2.08. The largest absolute Gasteiger partial charge is 0.380 e. The molecule has 0 aromatic heterocycles. The first-order valence-electron chi connectivity index (χ1n) is 6.01. The molecule has 0 atom stereocenters. The van der Waals surface area contributed by atoms with Crippen LogP contribution in [0.5, 0.6) is 0 Å². The van der Waals surface area contributed by atoms with Crippen molar-refractivity contribution in [2.75, 3.05) is 24.3 Å². The Morgan fingerprint density at radius 3 is 2.32 bits per heavy atom. The maximum absolute atomic E-state index is 3.54. The van der Waals surface area contributed by atoms with E-state index < -0.39 is 0 Å². The molecule has 0 bridgehead atoms. The highest BCUT2D eigenvalue weighted by atomic mass is 79.9. The fraction of sp³-hybridized carbons (Fsp3) is 0.200. The van der Waals surface area contributed by atoms with Crippen LogP contribution in [0.2, 0.25) is 0 Å². The van der Waals surface area contributed by atoms with Crippen LogP contribution < -0.4 is 10.2 Å². The molecule has 0 aliphatic carbocycles. The van der Waals surface area contributed by atoms with Gasteiger partial charge >= 0.3 is 0 Å². The van der Waals surface area contributed by atoms with Crippen molar-refractivity contribution in [3.8, 4) is 0 Å². The second-order valence-electron chi connectivity index (χ2n) is 4.54. The molecule has 2 rings (SSSR count). The third-order valence-corrected chi connectivity index (χ3v) is 4.05. The molecule has 2 nitrogen and oxygen atoms in total. The van der Waals surface area contributed by atoms with E-state index in [-0.39, 0.29) is 0 Å². The summed E-state index contributed by atoms with van der Waals surface area (Å²) in [7, 11) is 4.09. The zero-order valence-corrected chi connectivity index (χ0v) is 14.1. The maximum atomic E-state index is 3.54. The maximum Gasteiger partial charge on any atom is 0.0498 e. The zero-order valence-electron chi connectivity index (χ0n) is 11.0. The summed E-state index contributed by atoms with van der Waals surface area (Å²) in [5, 5.41) is 3.43. The van der Waals surface area contributed by atoms with Gasteiger partial charge in [0.05, 0.1) is 0 Å². The van der Waals surface area contributed by atoms with Gasteiger partial charge in [-0.15, -0.1) is 0 Å². The topological polar surface area (TPSA) is 15.3 Å². The SMILES string of the molecule is CN(C)c1ccc(CNc2cc(Br)ccc2Br)cc1. The van der Waals surface area contributed by atoms with Crippen LogP contribution in [0, 0.1) is 0 Å². The smallest absolute Gasteiger partial charge is 0.0498 e. The van der Waals surface area contributed by atoms with E-state index in [4.69, 9.17) is 0 Å². The first-order valence-corrected chi connectivity index (χ1v) is 7.60. The average Bonchev–Trinajstić information content (AvgIpc) is 2.40. The molecule has 0 radical (unpaired) electrons. The molecule has 19 heavy (non-hydrogen) atoms. The van der Waals surface area contributed by atoms with E-state index in [9.17, 15) is 0 Å². The van der Waals surface area contributed by atoms with Crippen LogP contribution in [-0.2, 0) is 6.54 Å². The van der Waals surface area contributed by atoms with Gasteiger partial charge in [-0.25, -0.2) is 0 Å². The normalized spacial score (nSPS) is 10.3. The number of nitrogens with one attached hydrogen (secondary N) is 1. The molecule has 0 fully saturated rings. The highest BCUT2D eigenvalue weighted by Crippen LogP contribution is 2.26. The summed E-state index contributed by atoms with van der Waals surface area (Å²) in [4.78, 5) is 2.10. The molecule has 0 amide bonds. The van der Waals surface area contributed by atoms with Crippen molar-refractivity contribution in [3.05, 3.63) is 57.0 Å². The van der Waals surface area contributed by atoms with E-state index in [0.29, 0.717) is 0 Å². The van der Waals surface area contributed by atoms with Crippen LogP contribution in [0.25, 0.3) is 0 Å². The summed E-state index contributed by atoms with van der Waals surface area (Å²) in [6, 6.07) is 14.7. The Bertz CT molecular complexity index is 551. The summed E-state index contributed by atoms with van der Waals surface area (Å²) in [6.07, 6.45) is 0. The van der Waals surface area contributed by atoms with Crippen molar-refractivity contribution in [2.24, 2.45) is 0 Å². The number of benzene rings is 2. The van der Waals surface area contributed by atoms with Crippen molar-refractivity contribution >= 4 is 43.2 Å². The first-order chi connectivity index (χ1) is 9.06. The van der Waals surface area contributed by atoms with Crippen LogP contribution in [0.3, 0.4) is 0 Å². The van der Waals surface area contributed by atoms with E-state index in [1.54, 1.807) is 0 Å². The molecule has 0 heterocycles. The highest BCUT2D eigenvalue weighted by Gasteiger charge is 2.01. The minimum Gasteiger partial charge on any atom is -0.380 e. The van der Waals surface area contributed by atoms with Crippen LogP contribution in [0.1, 0.15) is 5.56 Å². The third-order valence-electron chi connectivity index (χ3n) is 2.86. The van der Waals surface area contributed by atoms with Gasteiger partial charge in [-0.2, -0.15) is 0 Å². The zero-order chi connectivity index (χ0) is 13.8. The fourth-order valence-electron chi connectivity index (χ4n) is 1.74. The van der Waals surface area contributed by atoms with Crippen LogP contribution in [0.4, 0.5) is 11.4 Å². The van der Waals surface area contributed by atoms with E-state index in [1.165, 1.54) is 11.3 Å². The molecule has 0 spiro atoms. The molecule has 0 aliphatic rings. The summed E-state index contributed by atoms with van der Waals surface area (Å²) in [6.45, 7) is 0.808. The number of nitrogens with zero attached hydrogens (tertiary/aromatic N) is 1. The molecule has 4 heteroatoms. The second-order valence-corrected chi connectivity index (χ2v) is 6.31.